The summed E-state index contributed by atoms with van der Waals surface area (Å²) in [5.74, 6) is 2.11. The molecule has 2 aliphatic heterocycles. The number of hydrogen-bond donors (Lipinski definition) is 3. The van der Waals surface area contributed by atoms with Crippen LogP contribution in [0.5, 0.6) is 0 Å². The third kappa shape index (κ3) is 2.64. The van der Waals surface area contributed by atoms with E-state index in [1.54, 1.807) is 0 Å². The number of rotatable bonds is 0. The van der Waals surface area contributed by atoms with Crippen molar-refractivity contribution in [2.24, 2.45) is 40.4 Å². The van der Waals surface area contributed by atoms with Gasteiger partial charge in [0.1, 0.15) is 0 Å². The lowest BCUT2D eigenvalue weighted by molar-refractivity contribution is -0.272. The van der Waals surface area contributed by atoms with Gasteiger partial charge in [-0.1, -0.05) is 39.3 Å². The van der Waals surface area contributed by atoms with E-state index in [4.69, 9.17) is 9.47 Å². The molecule has 0 amide bonds. The highest BCUT2D eigenvalue weighted by molar-refractivity contribution is 5.34. The van der Waals surface area contributed by atoms with Crippen molar-refractivity contribution < 1.29 is 24.8 Å². The van der Waals surface area contributed by atoms with Crippen molar-refractivity contribution in [2.45, 2.75) is 109 Å². The highest BCUT2D eigenvalue weighted by atomic mass is 16.7. The summed E-state index contributed by atoms with van der Waals surface area (Å²) in [6.07, 6.45) is 7.79. The molecular formula is C27H42O5. The zero-order valence-corrected chi connectivity index (χ0v) is 20.2. The van der Waals surface area contributed by atoms with Gasteiger partial charge < -0.3 is 24.8 Å². The predicted octanol–water partition coefficient (Wildman–Crippen LogP) is 3.80. The Morgan fingerprint density at radius 1 is 1.03 bits per heavy atom. The summed E-state index contributed by atoms with van der Waals surface area (Å²) in [6.45, 7) is 10.1. The third-order valence-electron chi connectivity index (χ3n) is 11.5. The van der Waals surface area contributed by atoms with Gasteiger partial charge in [-0.2, -0.15) is 0 Å². The van der Waals surface area contributed by atoms with Crippen molar-refractivity contribution in [1.29, 1.82) is 0 Å². The molecule has 6 aliphatic rings. The minimum Gasteiger partial charge on any atom is -0.390 e. The van der Waals surface area contributed by atoms with Crippen LogP contribution in [0.1, 0.15) is 79.1 Å². The van der Waals surface area contributed by atoms with Crippen molar-refractivity contribution in [2.75, 3.05) is 6.61 Å². The molecule has 0 bridgehead atoms. The fourth-order valence-corrected chi connectivity index (χ4v) is 9.54. The Labute approximate surface area is 192 Å². The second kappa shape index (κ2) is 6.81. The second-order valence-corrected chi connectivity index (χ2v) is 13.0. The molecule has 2 saturated heterocycles. The Morgan fingerprint density at radius 3 is 2.50 bits per heavy atom. The van der Waals surface area contributed by atoms with Crippen molar-refractivity contribution in [3.8, 4) is 0 Å². The largest absolute Gasteiger partial charge is 0.390 e. The topological polar surface area (TPSA) is 79.2 Å². The Kier molecular flexibility index (Phi) is 4.69. The predicted molar refractivity (Wildman–Crippen MR) is 121 cm³/mol. The van der Waals surface area contributed by atoms with E-state index in [0.717, 1.165) is 32.3 Å². The lowest BCUT2D eigenvalue weighted by atomic mass is 9.46. The highest BCUT2D eigenvalue weighted by Crippen LogP contribution is 2.70. The van der Waals surface area contributed by atoms with Crippen LogP contribution in [0.2, 0.25) is 0 Å². The van der Waals surface area contributed by atoms with Crippen LogP contribution in [-0.4, -0.2) is 51.6 Å². The molecule has 0 unspecified atom stereocenters. The number of ether oxygens (including phenoxy) is 2. The average Bonchev–Trinajstić information content (AvgIpc) is 3.17. The summed E-state index contributed by atoms with van der Waals surface area (Å²) in [4.78, 5) is 0. The molecule has 1 spiro atoms. The van der Waals surface area contributed by atoms with E-state index in [0.29, 0.717) is 42.4 Å². The van der Waals surface area contributed by atoms with Crippen molar-refractivity contribution in [3.05, 3.63) is 11.6 Å². The van der Waals surface area contributed by atoms with Gasteiger partial charge in [-0.25, -0.2) is 0 Å². The Bertz CT molecular complexity index is 817. The molecule has 2 heterocycles. The molecule has 180 valence electrons. The van der Waals surface area contributed by atoms with Gasteiger partial charge in [0.25, 0.3) is 0 Å². The summed E-state index contributed by atoms with van der Waals surface area (Å²) in [7, 11) is 0. The molecule has 5 heteroatoms. The number of aliphatic hydroxyl groups excluding tert-OH is 2. The Balaban J connectivity index is 1.32. The zero-order valence-electron chi connectivity index (χ0n) is 20.2. The third-order valence-corrected chi connectivity index (χ3v) is 11.5. The van der Waals surface area contributed by atoms with E-state index < -0.39 is 23.2 Å². The number of hydrogen-bond acceptors (Lipinski definition) is 5. The summed E-state index contributed by atoms with van der Waals surface area (Å²) in [6, 6.07) is 0. The van der Waals surface area contributed by atoms with Crippen LogP contribution >= 0.6 is 0 Å². The van der Waals surface area contributed by atoms with Crippen molar-refractivity contribution >= 4 is 0 Å². The maximum atomic E-state index is 11.6. The SMILES string of the molecule is C[C@H]1CC[C@@]2(OC1)O[C@H]1C[C@H]3[C@@H]4CC[C@@]5(O)C[C@@H](O)[C@H](O)C[C@]5(C)C4=CC[C@]3(C)[C@H]1[C@@H]2C. The molecular weight excluding hydrogens is 404 g/mol. The van der Waals surface area contributed by atoms with E-state index in [1.807, 2.05) is 0 Å². The van der Waals surface area contributed by atoms with Crippen LogP contribution in [0, 0.1) is 40.4 Å². The molecule has 12 atom stereocenters. The molecule has 5 nitrogen and oxygen atoms in total. The van der Waals surface area contributed by atoms with E-state index in [2.05, 4.69) is 33.8 Å². The van der Waals surface area contributed by atoms with Crippen LogP contribution in [-0.2, 0) is 9.47 Å². The monoisotopic (exact) mass is 446 g/mol. The lowest BCUT2D eigenvalue weighted by Crippen LogP contribution is -2.62. The average molecular weight is 447 g/mol. The first kappa shape index (κ1) is 22.0. The standard InChI is InChI=1S/C27H42O5/c1-15-5-10-27(31-14-15)16(2)23-22(32-27)11-19-17-6-9-26(30)13-21(29)20(28)12-25(26,4)18(17)7-8-24(19,23)3/h7,15-17,19-23,28-30H,5-6,8-14H2,1-4H3/t15-,16-,17+,19-,20+,21+,22-,23-,24-,25+,26+,27+/m0/s1. The van der Waals surface area contributed by atoms with Gasteiger partial charge in [-0.05, 0) is 67.6 Å². The summed E-state index contributed by atoms with van der Waals surface area (Å²) < 4.78 is 13.2. The molecule has 0 aromatic heterocycles. The smallest absolute Gasteiger partial charge is 0.171 e. The molecule has 0 aromatic carbocycles. The normalized spacial score (nSPS) is 61.5. The maximum Gasteiger partial charge on any atom is 0.171 e. The van der Waals surface area contributed by atoms with Crippen molar-refractivity contribution in [1.82, 2.24) is 0 Å². The van der Waals surface area contributed by atoms with Gasteiger partial charge in [-0.3, -0.25) is 0 Å². The van der Waals surface area contributed by atoms with Gasteiger partial charge in [0.05, 0.1) is 30.5 Å². The quantitative estimate of drug-likeness (QED) is 0.493. The van der Waals surface area contributed by atoms with Gasteiger partial charge in [0.15, 0.2) is 5.79 Å². The summed E-state index contributed by atoms with van der Waals surface area (Å²) >= 11 is 0. The zero-order chi connectivity index (χ0) is 22.7. The lowest BCUT2D eigenvalue weighted by Gasteiger charge is -2.61. The first-order chi connectivity index (χ1) is 15.0. The fraction of sp³-hybridized carbons (Fsp3) is 0.926. The highest BCUT2D eigenvalue weighted by Gasteiger charge is 2.69. The molecule has 0 radical (unpaired) electrons. The first-order valence-corrected chi connectivity index (χ1v) is 13.1. The van der Waals surface area contributed by atoms with E-state index in [-0.39, 0.29) is 23.7 Å². The van der Waals surface area contributed by atoms with Crippen molar-refractivity contribution in [3.63, 3.8) is 0 Å². The molecule has 5 fully saturated rings. The summed E-state index contributed by atoms with van der Waals surface area (Å²) in [5, 5.41) is 32.4. The number of allylic oxidation sites excluding steroid dienone is 1. The van der Waals surface area contributed by atoms with Crippen LogP contribution in [0.25, 0.3) is 0 Å². The molecule has 3 saturated carbocycles. The minimum atomic E-state index is -0.920. The van der Waals surface area contributed by atoms with Crippen LogP contribution < -0.4 is 0 Å². The Hall–Kier alpha value is -0.460. The maximum absolute atomic E-state index is 11.6. The molecule has 6 rings (SSSR count). The number of aliphatic hydroxyl groups is 3. The number of fused-ring (bicyclic) bond motifs is 7. The van der Waals surface area contributed by atoms with Gasteiger partial charge in [0.2, 0.25) is 0 Å². The minimum absolute atomic E-state index is 0.187. The van der Waals surface area contributed by atoms with Crippen LogP contribution in [0.3, 0.4) is 0 Å². The van der Waals surface area contributed by atoms with E-state index in [9.17, 15) is 15.3 Å². The first-order valence-electron chi connectivity index (χ1n) is 13.1. The van der Waals surface area contributed by atoms with Gasteiger partial charge >= 0.3 is 0 Å². The van der Waals surface area contributed by atoms with Gasteiger partial charge in [-0.15, -0.1) is 0 Å². The molecule has 0 aromatic rings. The van der Waals surface area contributed by atoms with E-state index in [1.165, 1.54) is 12.0 Å². The van der Waals surface area contributed by atoms with Crippen LogP contribution in [0.4, 0.5) is 0 Å². The molecule has 4 aliphatic carbocycles. The van der Waals surface area contributed by atoms with E-state index >= 15 is 0 Å². The van der Waals surface area contributed by atoms with Gasteiger partial charge in [0, 0.05) is 24.2 Å². The molecule has 3 N–H and O–H groups in total. The summed E-state index contributed by atoms with van der Waals surface area (Å²) in [5.41, 5.74) is 0.164. The second-order valence-electron chi connectivity index (χ2n) is 13.0. The van der Waals surface area contributed by atoms with Crippen LogP contribution in [0.15, 0.2) is 11.6 Å². The fourth-order valence-electron chi connectivity index (χ4n) is 9.54. The molecule has 32 heavy (non-hydrogen) atoms. The Morgan fingerprint density at radius 2 is 1.78 bits per heavy atom.